The predicted molar refractivity (Wildman–Crippen MR) is 105 cm³/mol. The number of allylic oxidation sites excluding steroid dienone is 4. The van der Waals surface area contributed by atoms with Gasteiger partial charge < -0.3 is 20.5 Å². The highest BCUT2D eigenvalue weighted by Crippen LogP contribution is 2.69. The molecule has 7 nitrogen and oxygen atoms in total. The van der Waals surface area contributed by atoms with Crippen LogP contribution in [-0.2, 0) is 9.59 Å². The van der Waals surface area contributed by atoms with E-state index >= 15 is 4.39 Å². The van der Waals surface area contributed by atoms with Gasteiger partial charge in [0.05, 0.1) is 17.9 Å². The van der Waals surface area contributed by atoms with Crippen molar-refractivity contribution in [3.8, 4) is 0 Å². The highest BCUT2D eigenvalue weighted by molar-refractivity contribution is 6.01. The van der Waals surface area contributed by atoms with Crippen LogP contribution in [0.15, 0.2) is 29.0 Å². The SMILES string of the molecule is C[C@]12C=CC(=O)C=C1CC[C@H]1[C@@H]3CC[C@@](O)(CCC(=O)O)[C@@]3(C=NO)C[C@H](O)[C@@]12F. The molecule has 0 bridgehead atoms. The van der Waals surface area contributed by atoms with Crippen molar-refractivity contribution in [2.45, 2.75) is 69.2 Å². The van der Waals surface area contributed by atoms with Crippen molar-refractivity contribution in [2.24, 2.45) is 27.8 Å². The number of halogens is 1. The van der Waals surface area contributed by atoms with Gasteiger partial charge in [-0.15, -0.1) is 5.16 Å². The summed E-state index contributed by atoms with van der Waals surface area (Å²) >= 11 is 0. The van der Waals surface area contributed by atoms with Crippen molar-refractivity contribution in [1.29, 1.82) is 0 Å². The largest absolute Gasteiger partial charge is 0.481 e. The first-order chi connectivity index (χ1) is 14.0. The maximum absolute atomic E-state index is 16.9. The number of aliphatic hydroxyl groups excluding tert-OH is 1. The summed E-state index contributed by atoms with van der Waals surface area (Å²) in [4.78, 5) is 23.0. The molecule has 0 aromatic carbocycles. The van der Waals surface area contributed by atoms with E-state index in [1.807, 2.05) is 0 Å². The van der Waals surface area contributed by atoms with Crippen LogP contribution in [0.25, 0.3) is 0 Å². The van der Waals surface area contributed by atoms with Gasteiger partial charge in [0, 0.05) is 23.2 Å². The number of carbonyl (C=O) groups excluding carboxylic acids is 1. The zero-order valence-electron chi connectivity index (χ0n) is 16.9. The van der Waals surface area contributed by atoms with Gasteiger partial charge in [0.25, 0.3) is 0 Å². The molecule has 7 atom stereocenters. The first-order valence-electron chi connectivity index (χ1n) is 10.5. The van der Waals surface area contributed by atoms with Crippen LogP contribution in [0.5, 0.6) is 0 Å². The van der Waals surface area contributed by atoms with Gasteiger partial charge in [-0.05, 0) is 63.5 Å². The average molecular weight is 421 g/mol. The molecule has 0 aromatic rings. The van der Waals surface area contributed by atoms with Gasteiger partial charge in [-0.3, -0.25) is 9.59 Å². The number of nitrogens with zero attached hydrogens (tertiary/aromatic N) is 1. The maximum atomic E-state index is 16.9. The Hall–Kier alpha value is -2.06. The standard InChI is InChI=1S/C22H28FNO6/c1-19-7-4-14(25)10-13(19)2-3-16-15-5-8-21(29,9-6-18(27)28)20(15,12-24-30)11-17(26)22(16,19)23/h4,7,10,12,15-17,26,29-30H,2-3,5-6,8-9,11H2,1H3,(H,27,28)/t15-,16-,17-,19-,20+,21+,22-/m0/s1. The molecular formula is C22H28FNO6. The minimum atomic E-state index is -2.05. The van der Waals surface area contributed by atoms with Gasteiger partial charge in [0.1, 0.15) is 0 Å². The highest BCUT2D eigenvalue weighted by atomic mass is 19.1. The molecule has 0 unspecified atom stereocenters. The first-order valence-corrected chi connectivity index (χ1v) is 10.5. The van der Waals surface area contributed by atoms with Gasteiger partial charge in [0.15, 0.2) is 11.5 Å². The molecule has 0 spiro atoms. The summed E-state index contributed by atoms with van der Waals surface area (Å²) in [6, 6.07) is 0. The number of carboxylic acids is 1. The molecule has 0 aliphatic heterocycles. The van der Waals surface area contributed by atoms with Crippen molar-refractivity contribution in [2.75, 3.05) is 0 Å². The van der Waals surface area contributed by atoms with Crippen molar-refractivity contribution in [3.63, 3.8) is 0 Å². The van der Waals surface area contributed by atoms with E-state index in [0.29, 0.717) is 24.8 Å². The highest BCUT2D eigenvalue weighted by Gasteiger charge is 2.73. The third-order valence-corrected chi connectivity index (χ3v) is 8.56. The number of hydrogen-bond donors (Lipinski definition) is 4. The Morgan fingerprint density at radius 2 is 2.10 bits per heavy atom. The fourth-order valence-corrected chi connectivity index (χ4v) is 7.07. The Morgan fingerprint density at radius 1 is 1.37 bits per heavy atom. The molecule has 0 radical (unpaired) electrons. The topological polar surface area (TPSA) is 127 Å². The Balaban J connectivity index is 1.80. The third kappa shape index (κ3) is 2.52. The van der Waals surface area contributed by atoms with E-state index in [0.717, 1.165) is 0 Å². The van der Waals surface area contributed by atoms with Crippen LogP contribution in [0, 0.1) is 22.7 Å². The third-order valence-electron chi connectivity index (χ3n) is 8.56. The second-order valence-electron chi connectivity index (χ2n) is 9.60. The lowest BCUT2D eigenvalue weighted by atomic mass is 9.44. The van der Waals surface area contributed by atoms with E-state index in [-0.39, 0.29) is 31.5 Å². The Bertz CT molecular complexity index is 870. The second kappa shape index (κ2) is 6.72. The van der Waals surface area contributed by atoms with Crippen molar-refractivity contribution in [1.82, 2.24) is 0 Å². The number of aliphatic carboxylic acids is 1. The fraction of sp³-hybridized carbons (Fsp3) is 0.682. The molecular weight excluding hydrogens is 393 g/mol. The van der Waals surface area contributed by atoms with E-state index in [9.17, 15) is 25.0 Å². The van der Waals surface area contributed by atoms with E-state index in [1.165, 1.54) is 18.4 Å². The normalized spacial score (nSPS) is 47.5. The molecule has 0 saturated heterocycles. The Morgan fingerprint density at radius 3 is 2.77 bits per heavy atom. The molecule has 0 amide bonds. The number of ketones is 1. The zero-order chi connectivity index (χ0) is 21.9. The lowest BCUT2D eigenvalue weighted by Gasteiger charge is -2.62. The van der Waals surface area contributed by atoms with E-state index in [4.69, 9.17) is 5.11 Å². The smallest absolute Gasteiger partial charge is 0.303 e. The van der Waals surface area contributed by atoms with E-state index < -0.39 is 46.0 Å². The number of hydrogen-bond acceptors (Lipinski definition) is 6. The van der Waals surface area contributed by atoms with Crippen LogP contribution in [0.2, 0.25) is 0 Å². The summed E-state index contributed by atoms with van der Waals surface area (Å²) in [5.41, 5.74) is -5.27. The number of fused-ring (bicyclic) bond motifs is 5. The summed E-state index contributed by atoms with van der Waals surface area (Å²) in [5.74, 6) is -2.32. The molecule has 3 saturated carbocycles. The van der Waals surface area contributed by atoms with Gasteiger partial charge in [-0.25, -0.2) is 4.39 Å². The first kappa shape index (κ1) is 21.2. The quantitative estimate of drug-likeness (QED) is 0.314. The fourth-order valence-electron chi connectivity index (χ4n) is 7.07. The van der Waals surface area contributed by atoms with Crippen LogP contribution < -0.4 is 0 Å². The second-order valence-corrected chi connectivity index (χ2v) is 9.60. The molecule has 4 aliphatic rings. The summed E-state index contributed by atoms with van der Waals surface area (Å²) in [7, 11) is 0. The van der Waals surface area contributed by atoms with Crippen molar-refractivity contribution < 1.29 is 34.5 Å². The number of carbonyl (C=O) groups is 2. The van der Waals surface area contributed by atoms with Crippen LogP contribution in [0.4, 0.5) is 4.39 Å². The van der Waals surface area contributed by atoms with E-state index in [1.54, 1.807) is 13.0 Å². The minimum absolute atomic E-state index is 0.0690. The molecule has 3 fully saturated rings. The molecule has 4 rings (SSSR count). The number of alkyl halides is 1. The monoisotopic (exact) mass is 421 g/mol. The van der Waals surface area contributed by atoms with E-state index in [2.05, 4.69) is 5.16 Å². The molecule has 0 aromatic heterocycles. The van der Waals surface area contributed by atoms with Crippen molar-refractivity contribution >= 4 is 18.0 Å². The van der Waals surface area contributed by atoms with Gasteiger partial charge in [-0.1, -0.05) is 11.6 Å². The summed E-state index contributed by atoms with van der Waals surface area (Å²) in [5, 5.41) is 44.4. The number of aliphatic hydroxyl groups is 2. The molecule has 30 heavy (non-hydrogen) atoms. The summed E-state index contributed by atoms with van der Waals surface area (Å²) in [6.45, 7) is 1.70. The van der Waals surface area contributed by atoms with Gasteiger partial charge in [0.2, 0.25) is 0 Å². The Kier molecular flexibility index (Phi) is 4.74. The number of oxime groups is 1. The van der Waals surface area contributed by atoms with Gasteiger partial charge in [-0.2, -0.15) is 0 Å². The minimum Gasteiger partial charge on any atom is -0.481 e. The van der Waals surface area contributed by atoms with Crippen LogP contribution in [0.1, 0.15) is 51.9 Å². The molecule has 164 valence electrons. The van der Waals surface area contributed by atoms with Crippen LogP contribution in [-0.4, -0.2) is 55.9 Å². The molecule has 4 aliphatic carbocycles. The zero-order valence-corrected chi connectivity index (χ0v) is 16.9. The van der Waals surface area contributed by atoms with Gasteiger partial charge >= 0.3 is 5.97 Å². The molecule has 4 N–H and O–H groups in total. The maximum Gasteiger partial charge on any atom is 0.303 e. The number of carboxylic acid groups (broad SMARTS) is 1. The van der Waals surface area contributed by atoms with Crippen LogP contribution >= 0.6 is 0 Å². The lowest BCUT2D eigenvalue weighted by Crippen LogP contribution is -2.69. The summed E-state index contributed by atoms with van der Waals surface area (Å²) < 4.78 is 16.9. The predicted octanol–water partition coefficient (Wildman–Crippen LogP) is 2.39. The average Bonchev–Trinajstić information content (AvgIpc) is 2.95. The molecule has 0 heterocycles. The Labute approximate surface area is 174 Å². The van der Waals surface area contributed by atoms with Crippen molar-refractivity contribution in [3.05, 3.63) is 23.8 Å². The lowest BCUT2D eigenvalue weighted by molar-refractivity contribution is -0.203. The summed E-state index contributed by atoms with van der Waals surface area (Å²) in [6.07, 6.45) is 5.08. The van der Waals surface area contributed by atoms with Crippen LogP contribution in [0.3, 0.4) is 0 Å². The number of rotatable bonds is 4. The molecule has 8 heteroatoms.